The molecule has 1 aromatic carbocycles. The molecule has 178 valence electrons. The van der Waals surface area contributed by atoms with Crippen LogP contribution in [0.5, 0.6) is 0 Å². The fraction of sp³-hybridized carbons (Fsp3) is 0.478. The molecule has 0 radical (unpaired) electrons. The second-order valence-corrected chi connectivity index (χ2v) is 11.4. The zero-order valence-electron chi connectivity index (χ0n) is 18.9. The molecule has 33 heavy (non-hydrogen) atoms. The number of hydrogen-bond acceptors (Lipinski definition) is 6. The summed E-state index contributed by atoms with van der Waals surface area (Å²) in [7, 11) is -3.65. The second-order valence-electron chi connectivity index (χ2n) is 8.40. The maximum Gasteiger partial charge on any atom is 0.253 e. The SMILES string of the molecule is CC(=O)N1CCN(S(=O)(=O)c2ccc(C(=O)N3CCN(CCc4cccs4)CC3)cc2)CC1. The van der Waals surface area contributed by atoms with Gasteiger partial charge in [-0.2, -0.15) is 4.31 Å². The molecule has 0 unspecified atom stereocenters. The largest absolute Gasteiger partial charge is 0.340 e. The molecule has 2 fully saturated rings. The standard InChI is InChI=1S/C23H30N4O4S2/c1-19(28)25-14-16-27(17-15-25)33(30,31)22-6-4-20(5-7-22)23(29)26-12-10-24(11-13-26)9-8-21-3-2-18-32-21/h2-7,18H,8-17H2,1H3. The summed E-state index contributed by atoms with van der Waals surface area (Å²) >= 11 is 1.77. The van der Waals surface area contributed by atoms with E-state index < -0.39 is 10.0 Å². The van der Waals surface area contributed by atoms with E-state index in [0.29, 0.717) is 31.7 Å². The number of sulfonamides is 1. The van der Waals surface area contributed by atoms with Crippen LogP contribution in [-0.2, 0) is 21.2 Å². The number of nitrogens with zero attached hydrogens (tertiary/aromatic N) is 4. The fourth-order valence-corrected chi connectivity index (χ4v) is 6.36. The molecule has 8 nitrogen and oxygen atoms in total. The maximum atomic E-state index is 13.0. The fourth-order valence-electron chi connectivity index (χ4n) is 4.24. The smallest absolute Gasteiger partial charge is 0.253 e. The summed E-state index contributed by atoms with van der Waals surface area (Å²) in [5.41, 5.74) is 0.502. The summed E-state index contributed by atoms with van der Waals surface area (Å²) in [6.45, 7) is 6.85. The molecule has 2 aromatic rings. The molecule has 1 aromatic heterocycles. The minimum absolute atomic E-state index is 0.0433. The first-order valence-electron chi connectivity index (χ1n) is 11.2. The predicted octanol–water partition coefficient (Wildman–Crippen LogP) is 1.60. The van der Waals surface area contributed by atoms with Gasteiger partial charge in [-0.05, 0) is 42.1 Å². The monoisotopic (exact) mass is 490 g/mol. The van der Waals surface area contributed by atoms with Gasteiger partial charge in [-0.3, -0.25) is 14.5 Å². The lowest BCUT2D eigenvalue weighted by molar-refractivity contribution is -0.129. The third-order valence-electron chi connectivity index (χ3n) is 6.34. The molecule has 10 heteroatoms. The Morgan fingerprint density at radius 1 is 0.879 bits per heavy atom. The van der Waals surface area contributed by atoms with Gasteiger partial charge in [0.1, 0.15) is 0 Å². The highest BCUT2D eigenvalue weighted by Crippen LogP contribution is 2.20. The van der Waals surface area contributed by atoms with Gasteiger partial charge in [0, 0.05) is 76.3 Å². The Labute approximate surface area is 199 Å². The number of carbonyl (C=O) groups excluding carboxylic acids is 2. The first kappa shape index (κ1) is 23.9. The van der Waals surface area contributed by atoms with E-state index in [2.05, 4.69) is 22.4 Å². The molecule has 2 amide bonds. The Hall–Kier alpha value is -2.27. The van der Waals surface area contributed by atoms with Crippen LogP contribution in [0.2, 0.25) is 0 Å². The molecule has 2 aliphatic rings. The molecule has 0 atom stereocenters. The van der Waals surface area contributed by atoms with Crippen molar-refractivity contribution < 1.29 is 18.0 Å². The summed E-state index contributed by atoms with van der Waals surface area (Å²) in [6, 6.07) is 10.4. The predicted molar refractivity (Wildman–Crippen MR) is 128 cm³/mol. The Kier molecular flexibility index (Phi) is 7.48. The van der Waals surface area contributed by atoms with Crippen LogP contribution in [0, 0.1) is 0 Å². The van der Waals surface area contributed by atoms with E-state index in [-0.39, 0.29) is 29.8 Å². The maximum absolute atomic E-state index is 13.0. The Bertz CT molecular complexity index is 1050. The van der Waals surface area contributed by atoms with Gasteiger partial charge in [-0.15, -0.1) is 11.3 Å². The Morgan fingerprint density at radius 2 is 1.52 bits per heavy atom. The van der Waals surface area contributed by atoms with Gasteiger partial charge >= 0.3 is 0 Å². The van der Waals surface area contributed by atoms with E-state index in [0.717, 1.165) is 26.1 Å². The first-order valence-corrected chi connectivity index (χ1v) is 13.6. The van der Waals surface area contributed by atoms with Crippen LogP contribution in [0.4, 0.5) is 0 Å². The summed E-state index contributed by atoms with van der Waals surface area (Å²) in [4.78, 5) is 31.8. The molecular formula is C23H30N4O4S2. The third kappa shape index (κ3) is 5.63. The number of hydrogen-bond donors (Lipinski definition) is 0. The molecular weight excluding hydrogens is 460 g/mol. The minimum atomic E-state index is -3.65. The summed E-state index contributed by atoms with van der Waals surface area (Å²) in [5, 5.41) is 2.09. The zero-order valence-corrected chi connectivity index (χ0v) is 20.5. The van der Waals surface area contributed by atoms with Gasteiger partial charge in [-0.25, -0.2) is 8.42 Å². The van der Waals surface area contributed by atoms with Crippen LogP contribution >= 0.6 is 11.3 Å². The van der Waals surface area contributed by atoms with E-state index in [1.54, 1.807) is 28.4 Å². The van der Waals surface area contributed by atoms with Crippen LogP contribution in [0.25, 0.3) is 0 Å². The second kappa shape index (κ2) is 10.3. The molecule has 4 rings (SSSR count). The topological polar surface area (TPSA) is 81.2 Å². The first-order chi connectivity index (χ1) is 15.8. The van der Waals surface area contributed by atoms with E-state index in [9.17, 15) is 18.0 Å². The molecule has 0 spiro atoms. The van der Waals surface area contributed by atoms with Crippen LogP contribution in [-0.4, -0.2) is 98.1 Å². The number of benzene rings is 1. The zero-order chi connectivity index (χ0) is 23.4. The average Bonchev–Trinajstić information content (AvgIpc) is 3.36. The van der Waals surface area contributed by atoms with Crippen molar-refractivity contribution in [3.05, 3.63) is 52.2 Å². The van der Waals surface area contributed by atoms with E-state index in [4.69, 9.17) is 0 Å². The van der Waals surface area contributed by atoms with Crippen molar-refractivity contribution in [3.63, 3.8) is 0 Å². The van der Waals surface area contributed by atoms with Gasteiger partial charge in [0.05, 0.1) is 4.90 Å². The van der Waals surface area contributed by atoms with E-state index in [1.807, 2.05) is 4.90 Å². The quantitative estimate of drug-likeness (QED) is 0.615. The van der Waals surface area contributed by atoms with Crippen molar-refractivity contribution in [3.8, 4) is 0 Å². The molecule has 2 aliphatic heterocycles. The molecule has 0 aliphatic carbocycles. The summed E-state index contributed by atoms with van der Waals surface area (Å²) < 4.78 is 27.3. The van der Waals surface area contributed by atoms with Crippen molar-refractivity contribution >= 4 is 33.2 Å². The number of carbonyl (C=O) groups is 2. The normalized spacial score (nSPS) is 18.5. The van der Waals surface area contributed by atoms with Gasteiger partial charge in [0.2, 0.25) is 15.9 Å². The number of amides is 2. The van der Waals surface area contributed by atoms with Gasteiger partial charge in [0.25, 0.3) is 5.91 Å². The molecule has 0 saturated carbocycles. The van der Waals surface area contributed by atoms with Gasteiger partial charge in [-0.1, -0.05) is 6.07 Å². The number of thiophene rings is 1. The highest BCUT2D eigenvalue weighted by molar-refractivity contribution is 7.89. The average molecular weight is 491 g/mol. The van der Waals surface area contributed by atoms with Crippen molar-refractivity contribution in [1.82, 2.24) is 19.0 Å². The number of piperazine rings is 2. The van der Waals surface area contributed by atoms with Crippen molar-refractivity contribution in [2.24, 2.45) is 0 Å². The number of rotatable bonds is 6. The van der Waals surface area contributed by atoms with Crippen LogP contribution in [0.15, 0.2) is 46.7 Å². The van der Waals surface area contributed by atoms with Gasteiger partial charge in [0.15, 0.2) is 0 Å². The van der Waals surface area contributed by atoms with Crippen molar-refractivity contribution in [2.45, 2.75) is 18.2 Å². The lowest BCUT2D eigenvalue weighted by atomic mass is 10.2. The van der Waals surface area contributed by atoms with Crippen molar-refractivity contribution in [1.29, 1.82) is 0 Å². The summed E-state index contributed by atoms with van der Waals surface area (Å²) in [5.74, 6) is -0.106. The van der Waals surface area contributed by atoms with Crippen molar-refractivity contribution in [2.75, 3.05) is 58.9 Å². The van der Waals surface area contributed by atoms with Gasteiger partial charge < -0.3 is 9.80 Å². The summed E-state index contributed by atoms with van der Waals surface area (Å²) in [6.07, 6.45) is 1.03. The van der Waals surface area contributed by atoms with Crippen LogP contribution in [0.3, 0.4) is 0 Å². The highest BCUT2D eigenvalue weighted by atomic mass is 32.2. The molecule has 0 bridgehead atoms. The third-order valence-corrected chi connectivity index (χ3v) is 9.19. The lowest BCUT2D eigenvalue weighted by Crippen LogP contribution is -2.50. The Morgan fingerprint density at radius 3 is 2.09 bits per heavy atom. The minimum Gasteiger partial charge on any atom is -0.340 e. The van der Waals surface area contributed by atoms with Crippen LogP contribution < -0.4 is 0 Å². The van der Waals surface area contributed by atoms with Crippen LogP contribution in [0.1, 0.15) is 22.2 Å². The molecule has 3 heterocycles. The lowest BCUT2D eigenvalue weighted by Gasteiger charge is -2.35. The van der Waals surface area contributed by atoms with E-state index >= 15 is 0 Å². The molecule has 2 saturated heterocycles. The Balaban J connectivity index is 1.30. The van der Waals surface area contributed by atoms with E-state index in [1.165, 1.54) is 28.2 Å². The molecule has 0 N–H and O–H groups in total. The highest BCUT2D eigenvalue weighted by Gasteiger charge is 2.29.